The zero-order valence-electron chi connectivity index (χ0n) is 15.4. The fourth-order valence-electron chi connectivity index (χ4n) is 4.05. The number of aromatic hydroxyl groups is 2. The zero-order valence-corrected chi connectivity index (χ0v) is 15.4. The maximum Gasteiger partial charge on any atom is 0.197 e. The summed E-state index contributed by atoms with van der Waals surface area (Å²) in [7, 11) is 0. The Morgan fingerprint density at radius 3 is 2.43 bits per heavy atom. The van der Waals surface area contributed by atoms with Crippen LogP contribution in [-0.2, 0) is 4.74 Å². The van der Waals surface area contributed by atoms with Gasteiger partial charge in [-0.1, -0.05) is 0 Å². The molecular weight excluding hydrogens is 396 g/mol. The first-order valence-electron chi connectivity index (χ1n) is 9.31. The fourth-order valence-corrected chi connectivity index (χ4v) is 4.05. The Balaban J connectivity index is 1.73. The predicted molar refractivity (Wildman–Crippen MR) is 102 cm³/mol. The van der Waals surface area contributed by atoms with Gasteiger partial charge in [0.15, 0.2) is 17.1 Å². The van der Waals surface area contributed by atoms with Crippen LogP contribution in [0.4, 0.5) is 0 Å². The van der Waals surface area contributed by atoms with Crippen LogP contribution in [-0.4, -0.2) is 56.6 Å². The summed E-state index contributed by atoms with van der Waals surface area (Å²) in [6, 6.07) is 8.49. The van der Waals surface area contributed by atoms with Crippen LogP contribution in [0, 0.1) is 0 Å². The normalized spacial score (nSPS) is 27.5. The third-order valence-electron chi connectivity index (χ3n) is 5.55. The van der Waals surface area contributed by atoms with Gasteiger partial charge in [0.05, 0.1) is 12.2 Å². The lowest BCUT2D eigenvalue weighted by Gasteiger charge is -2.38. The topological polar surface area (TPSA) is 150 Å². The summed E-state index contributed by atoms with van der Waals surface area (Å²) in [5.41, 5.74) is 0.342. The minimum Gasteiger partial charge on any atom is -0.508 e. The van der Waals surface area contributed by atoms with Crippen molar-refractivity contribution in [1.29, 1.82) is 0 Å². The van der Waals surface area contributed by atoms with Crippen molar-refractivity contribution < 1.29 is 39.4 Å². The molecule has 0 aliphatic carbocycles. The number of hydrogen-bond donors (Lipinski definition) is 5. The van der Waals surface area contributed by atoms with Gasteiger partial charge in [-0.3, -0.25) is 4.79 Å². The molecule has 5 atom stereocenters. The van der Waals surface area contributed by atoms with Crippen LogP contribution in [0.5, 0.6) is 17.2 Å². The molecule has 3 aromatic rings. The number of aliphatic hydroxyl groups excluding tert-OH is 3. The summed E-state index contributed by atoms with van der Waals surface area (Å²) in [4.78, 5) is 12.8. The summed E-state index contributed by atoms with van der Waals surface area (Å²) in [6.07, 6.45) is -5.74. The fraction of sp³-hybridized carbons (Fsp3) is 0.286. The maximum atomic E-state index is 12.8. The molecule has 5 N–H and O–H groups in total. The average molecular weight is 414 g/mol. The van der Waals surface area contributed by atoms with Crippen molar-refractivity contribution in [2.45, 2.75) is 30.5 Å². The number of phenolic OH excluding ortho intramolecular Hbond substituents is 2. The van der Waals surface area contributed by atoms with Gasteiger partial charge in [0.2, 0.25) is 0 Å². The van der Waals surface area contributed by atoms with Gasteiger partial charge in [-0.25, -0.2) is 0 Å². The highest BCUT2D eigenvalue weighted by Crippen LogP contribution is 2.49. The predicted octanol–water partition coefficient (Wildman–Crippen LogP) is 0.786. The summed E-state index contributed by atoms with van der Waals surface area (Å²) in [5, 5.41) is 49.9. The van der Waals surface area contributed by atoms with Gasteiger partial charge in [0, 0.05) is 17.7 Å². The highest BCUT2D eigenvalue weighted by Gasteiger charge is 2.52. The van der Waals surface area contributed by atoms with E-state index in [4.69, 9.17) is 13.9 Å². The van der Waals surface area contributed by atoms with E-state index in [9.17, 15) is 30.3 Å². The first kappa shape index (κ1) is 18.9. The molecular formula is C21H18O9. The molecule has 0 saturated carbocycles. The number of hydrogen-bond acceptors (Lipinski definition) is 9. The van der Waals surface area contributed by atoms with Crippen molar-refractivity contribution in [3.8, 4) is 28.6 Å². The minimum atomic E-state index is -1.37. The third kappa shape index (κ3) is 2.67. The molecule has 1 fully saturated rings. The first-order valence-corrected chi connectivity index (χ1v) is 9.31. The largest absolute Gasteiger partial charge is 0.508 e. The lowest BCUT2D eigenvalue weighted by atomic mass is 9.92. The Morgan fingerprint density at radius 2 is 1.73 bits per heavy atom. The van der Waals surface area contributed by atoms with E-state index in [-0.39, 0.29) is 34.0 Å². The standard InChI is InChI=1S/C21H18O9/c22-7-14-17(26)18(27)21-20(30-14)16-13(29-21)6-11(25)15-10(24)5-12(28-19(15)16)8-1-3-9(23)4-2-8/h1-6,14,17-18,20-23,25-27H,7H2/t14-,17-,18+,20+,21+/m1/s1. The Bertz CT molecular complexity index is 1180. The molecule has 0 amide bonds. The van der Waals surface area contributed by atoms with Crippen molar-refractivity contribution in [3.05, 3.63) is 52.2 Å². The smallest absolute Gasteiger partial charge is 0.197 e. The SMILES string of the molecule is O=c1cc(-c2ccc(O)cc2)oc2c3c(cc(O)c12)O[C@H]1[C@@H](O)[C@H](O)[C@@H](CO)O[C@@H]31. The molecule has 0 unspecified atom stereocenters. The number of benzene rings is 2. The summed E-state index contributed by atoms with van der Waals surface area (Å²) >= 11 is 0. The second-order valence-electron chi connectivity index (χ2n) is 7.37. The Morgan fingerprint density at radius 1 is 1.00 bits per heavy atom. The van der Waals surface area contributed by atoms with Crippen LogP contribution in [0.1, 0.15) is 11.7 Å². The Labute approximate surface area is 169 Å². The van der Waals surface area contributed by atoms with Gasteiger partial charge in [0.25, 0.3) is 0 Å². The molecule has 2 aliphatic heterocycles. The van der Waals surface area contributed by atoms with Gasteiger partial charge in [-0.15, -0.1) is 0 Å². The molecule has 2 aliphatic rings. The highest BCUT2D eigenvalue weighted by atomic mass is 16.6. The van der Waals surface area contributed by atoms with Gasteiger partial charge >= 0.3 is 0 Å². The lowest BCUT2D eigenvalue weighted by Crippen LogP contribution is -2.55. The minimum absolute atomic E-state index is 0.0216. The molecule has 0 radical (unpaired) electrons. The van der Waals surface area contributed by atoms with E-state index in [0.717, 1.165) is 0 Å². The monoisotopic (exact) mass is 414 g/mol. The second-order valence-corrected chi connectivity index (χ2v) is 7.37. The average Bonchev–Trinajstić information content (AvgIpc) is 3.09. The molecule has 156 valence electrons. The zero-order chi connectivity index (χ0) is 21.2. The third-order valence-corrected chi connectivity index (χ3v) is 5.55. The number of aliphatic hydroxyl groups is 3. The van der Waals surface area contributed by atoms with Gasteiger partial charge in [0.1, 0.15) is 52.8 Å². The van der Waals surface area contributed by atoms with Crippen LogP contribution in [0.25, 0.3) is 22.3 Å². The van der Waals surface area contributed by atoms with Crippen molar-refractivity contribution in [1.82, 2.24) is 0 Å². The molecule has 9 nitrogen and oxygen atoms in total. The van der Waals surface area contributed by atoms with Crippen LogP contribution < -0.4 is 10.2 Å². The van der Waals surface area contributed by atoms with E-state index in [0.29, 0.717) is 11.1 Å². The molecule has 3 heterocycles. The van der Waals surface area contributed by atoms with Crippen molar-refractivity contribution in [3.63, 3.8) is 0 Å². The van der Waals surface area contributed by atoms with Crippen LogP contribution in [0.2, 0.25) is 0 Å². The molecule has 1 aromatic heterocycles. The summed E-state index contributed by atoms with van der Waals surface area (Å²) < 4.78 is 17.4. The van der Waals surface area contributed by atoms with Crippen LogP contribution in [0.3, 0.4) is 0 Å². The number of phenols is 2. The van der Waals surface area contributed by atoms with E-state index < -0.39 is 42.6 Å². The quantitative estimate of drug-likeness (QED) is 0.410. The van der Waals surface area contributed by atoms with Gasteiger partial charge < -0.3 is 39.4 Å². The van der Waals surface area contributed by atoms with Crippen molar-refractivity contribution in [2.75, 3.05) is 6.61 Å². The number of fused-ring (bicyclic) bond motifs is 5. The molecule has 9 heteroatoms. The molecule has 0 bridgehead atoms. The lowest BCUT2D eigenvalue weighted by molar-refractivity contribution is -0.215. The van der Waals surface area contributed by atoms with E-state index in [1.54, 1.807) is 12.1 Å². The van der Waals surface area contributed by atoms with Crippen molar-refractivity contribution in [2.24, 2.45) is 0 Å². The number of ether oxygens (including phenoxy) is 2. The Hall–Kier alpha value is -3.11. The van der Waals surface area contributed by atoms with E-state index in [1.807, 2.05) is 0 Å². The first-order chi connectivity index (χ1) is 14.4. The van der Waals surface area contributed by atoms with Gasteiger partial charge in [-0.05, 0) is 24.3 Å². The number of rotatable bonds is 2. The van der Waals surface area contributed by atoms with E-state index >= 15 is 0 Å². The molecule has 0 spiro atoms. The summed E-state index contributed by atoms with van der Waals surface area (Å²) in [6.45, 7) is -0.532. The second kappa shape index (κ2) is 6.71. The van der Waals surface area contributed by atoms with Crippen molar-refractivity contribution >= 4 is 11.0 Å². The van der Waals surface area contributed by atoms with E-state index in [2.05, 4.69) is 0 Å². The maximum absolute atomic E-state index is 12.8. The highest BCUT2D eigenvalue weighted by molar-refractivity contribution is 5.90. The Kier molecular flexibility index (Phi) is 4.23. The molecule has 5 rings (SSSR count). The van der Waals surface area contributed by atoms with Crippen LogP contribution in [0.15, 0.2) is 45.6 Å². The van der Waals surface area contributed by atoms with Crippen LogP contribution >= 0.6 is 0 Å². The summed E-state index contributed by atoms with van der Waals surface area (Å²) in [5.74, 6) is 0.0294. The molecule has 1 saturated heterocycles. The van der Waals surface area contributed by atoms with Gasteiger partial charge in [-0.2, -0.15) is 0 Å². The molecule has 30 heavy (non-hydrogen) atoms. The van der Waals surface area contributed by atoms with E-state index in [1.165, 1.54) is 24.3 Å². The molecule has 2 aromatic carbocycles.